The van der Waals surface area contributed by atoms with Gasteiger partial charge >= 0.3 is 0 Å². The van der Waals surface area contributed by atoms with Gasteiger partial charge in [0.05, 0.1) is 24.1 Å². The number of H-pyrrole nitrogens is 1. The lowest BCUT2D eigenvalue weighted by Crippen LogP contribution is -2.19. The monoisotopic (exact) mass is 239 g/mol. The summed E-state index contributed by atoms with van der Waals surface area (Å²) in [5.41, 5.74) is 10.4. The molecular formula is C13H13N5. The Morgan fingerprint density at radius 3 is 2.67 bits per heavy atom. The van der Waals surface area contributed by atoms with Gasteiger partial charge in [0.2, 0.25) is 0 Å². The fourth-order valence-electron chi connectivity index (χ4n) is 1.92. The van der Waals surface area contributed by atoms with Crippen molar-refractivity contribution in [2.75, 3.05) is 12.3 Å². The number of nitrogens with zero attached hydrogens (tertiary/aromatic N) is 2. The van der Waals surface area contributed by atoms with Gasteiger partial charge in [-0.05, 0) is 17.7 Å². The van der Waals surface area contributed by atoms with Crippen molar-refractivity contribution in [2.24, 2.45) is 4.99 Å². The molecule has 5 heteroatoms. The average molecular weight is 239 g/mol. The Balaban J connectivity index is 2.11. The van der Waals surface area contributed by atoms with Crippen molar-refractivity contribution in [1.29, 1.82) is 0 Å². The van der Waals surface area contributed by atoms with E-state index in [4.69, 9.17) is 5.73 Å². The summed E-state index contributed by atoms with van der Waals surface area (Å²) in [7, 11) is 0. The molecular weight excluding hydrogens is 226 g/mol. The molecule has 5 nitrogen and oxygen atoms in total. The molecule has 0 saturated carbocycles. The van der Waals surface area contributed by atoms with Gasteiger partial charge in [-0.2, -0.15) is 5.10 Å². The molecule has 3 rings (SSSR count). The minimum Gasteiger partial charge on any atom is -0.399 e. The number of aliphatic imine (C=N–C) groups is 1. The molecule has 90 valence electrons. The lowest BCUT2D eigenvalue weighted by Gasteiger charge is -2.17. The standard InChI is InChI=1S/C13H13N5/c14-11-3-1-9(2-4-11)12-13(16-6-5-15-12)10-7-17-18-8-10/h1-4,6-8,15H,5,14H2,(H,17,18). The summed E-state index contributed by atoms with van der Waals surface area (Å²) in [6, 6.07) is 7.74. The second kappa shape index (κ2) is 4.37. The number of nitrogens with two attached hydrogens (primary N) is 1. The maximum Gasteiger partial charge on any atom is 0.0967 e. The van der Waals surface area contributed by atoms with E-state index < -0.39 is 0 Å². The highest BCUT2D eigenvalue weighted by Gasteiger charge is 2.13. The third kappa shape index (κ3) is 1.86. The van der Waals surface area contributed by atoms with Crippen LogP contribution in [0, 0.1) is 0 Å². The molecule has 2 aromatic rings. The highest BCUT2D eigenvalue weighted by atomic mass is 15.1. The molecule has 18 heavy (non-hydrogen) atoms. The number of anilines is 1. The quantitative estimate of drug-likeness (QED) is 0.695. The summed E-state index contributed by atoms with van der Waals surface area (Å²) in [6.45, 7) is 0.723. The molecule has 0 spiro atoms. The van der Waals surface area contributed by atoms with Crippen LogP contribution < -0.4 is 11.1 Å². The molecule has 4 N–H and O–H groups in total. The second-order valence-electron chi connectivity index (χ2n) is 4.03. The molecule has 0 unspecified atom stereocenters. The highest BCUT2D eigenvalue weighted by Crippen LogP contribution is 2.26. The maximum atomic E-state index is 5.70. The predicted molar refractivity (Wildman–Crippen MR) is 72.8 cm³/mol. The first-order chi connectivity index (χ1) is 8.84. The summed E-state index contributed by atoms with van der Waals surface area (Å²) in [6.07, 6.45) is 5.44. The van der Waals surface area contributed by atoms with Crippen LogP contribution in [0.3, 0.4) is 0 Å². The van der Waals surface area contributed by atoms with Crippen LogP contribution in [0.1, 0.15) is 11.1 Å². The van der Waals surface area contributed by atoms with Gasteiger partial charge in [-0.15, -0.1) is 0 Å². The number of nitrogens with one attached hydrogen (secondary N) is 2. The molecule has 2 heterocycles. The van der Waals surface area contributed by atoms with Gasteiger partial charge < -0.3 is 11.1 Å². The van der Waals surface area contributed by atoms with Gasteiger partial charge in [0.15, 0.2) is 0 Å². The van der Waals surface area contributed by atoms with Crippen LogP contribution in [0.15, 0.2) is 41.7 Å². The molecule has 0 fully saturated rings. The van der Waals surface area contributed by atoms with E-state index in [0.29, 0.717) is 0 Å². The Kier molecular flexibility index (Phi) is 2.57. The lowest BCUT2D eigenvalue weighted by molar-refractivity contribution is 1.04. The zero-order chi connectivity index (χ0) is 12.4. The fraction of sp³-hybridized carbons (Fsp3) is 0.0769. The van der Waals surface area contributed by atoms with Crippen molar-refractivity contribution < 1.29 is 0 Å². The molecule has 0 saturated heterocycles. The summed E-state index contributed by atoms with van der Waals surface area (Å²) in [4.78, 5) is 4.45. The van der Waals surface area contributed by atoms with Crippen molar-refractivity contribution >= 4 is 23.3 Å². The lowest BCUT2D eigenvalue weighted by atomic mass is 10.1. The summed E-state index contributed by atoms with van der Waals surface area (Å²) < 4.78 is 0. The van der Waals surface area contributed by atoms with Crippen molar-refractivity contribution in [3.63, 3.8) is 0 Å². The van der Waals surface area contributed by atoms with Crippen molar-refractivity contribution in [1.82, 2.24) is 15.5 Å². The van der Waals surface area contributed by atoms with E-state index in [9.17, 15) is 0 Å². The van der Waals surface area contributed by atoms with E-state index in [1.165, 1.54) is 0 Å². The van der Waals surface area contributed by atoms with Crippen LogP contribution in [-0.4, -0.2) is 23.0 Å². The minimum absolute atomic E-state index is 0.723. The molecule has 1 aromatic carbocycles. The number of hydrogen-bond donors (Lipinski definition) is 3. The molecule has 0 aliphatic carbocycles. The largest absolute Gasteiger partial charge is 0.399 e. The van der Waals surface area contributed by atoms with Gasteiger partial charge in [0.25, 0.3) is 0 Å². The number of hydrogen-bond acceptors (Lipinski definition) is 4. The van der Waals surface area contributed by atoms with Crippen molar-refractivity contribution in [3.05, 3.63) is 47.8 Å². The zero-order valence-electron chi connectivity index (χ0n) is 9.72. The first kappa shape index (κ1) is 10.6. The maximum absolute atomic E-state index is 5.70. The summed E-state index contributed by atoms with van der Waals surface area (Å²) >= 11 is 0. The van der Waals surface area contributed by atoms with Gasteiger partial charge in [0, 0.05) is 23.7 Å². The smallest absolute Gasteiger partial charge is 0.0967 e. The van der Waals surface area contributed by atoms with Crippen molar-refractivity contribution in [2.45, 2.75) is 0 Å². The molecule has 0 radical (unpaired) electrons. The SMILES string of the molecule is Nc1ccc(C2=C(c3cn[nH]c3)N=CCN2)cc1. The molecule has 1 aromatic heterocycles. The van der Waals surface area contributed by atoms with E-state index in [1.807, 2.05) is 36.7 Å². The first-order valence-corrected chi connectivity index (χ1v) is 5.70. The number of aromatic amines is 1. The molecule has 1 aliphatic heterocycles. The summed E-state index contributed by atoms with van der Waals surface area (Å²) in [5, 5.41) is 10.1. The molecule has 0 amide bonds. The van der Waals surface area contributed by atoms with Gasteiger partial charge in [0.1, 0.15) is 0 Å². The van der Waals surface area contributed by atoms with E-state index >= 15 is 0 Å². The van der Waals surface area contributed by atoms with Crippen LogP contribution >= 0.6 is 0 Å². The average Bonchev–Trinajstić information content (AvgIpc) is 2.93. The Bertz CT molecular complexity index is 593. The molecule has 0 atom stereocenters. The van der Waals surface area contributed by atoms with Gasteiger partial charge in [-0.25, -0.2) is 0 Å². The number of aromatic nitrogens is 2. The molecule has 0 bridgehead atoms. The second-order valence-corrected chi connectivity index (χ2v) is 4.03. The molecule has 1 aliphatic rings. The Morgan fingerprint density at radius 1 is 1.11 bits per heavy atom. The Labute approximate surface area is 104 Å². The van der Waals surface area contributed by atoms with E-state index in [0.717, 1.165) is 34.8 Å². The van der Waals surface area contributed by atoms with E-state index in [1.54, 1.807) is 6.20 Å². The number of rotatable bonds is 2. The third-order valence-electron chi connectivity index (χ3n) is 2.80. The van der Waals surface area contributed by atoms with Crippen LogP contribution in [0.4, 0.5) is 5.69 Å². The highest BCUT2D eigenvalue weighted by molar-refractivity contribution is 5.95. The third-order valence-corrected chi connectivity index (χ3v) is 2.80. The van der Waals surface area contributed by atoms with Crippen LogP contribution in [0.5, 0.6) is 0 Å². The predicted octanol–water partition coefficient (Wildman–Crippen LogP) is 1.49. The van der Waals surface area contributed by atoms with Gasteiger partial charge in [-0.1, -0.05) is 12.1 Å². The first-order valence-electron chi connectivity index (χ1n) is 5.70. The number of nitrogen functional groups attached to an aromatic ring is 1. The van der Waals surface area contributed by atoms with Gasteiger partial charge in [-0.3, -0.25) is 10.1 Å². The van der Waals surface area contributed by atoms with Crippen molar-refractivity contribution in [3.8, 4) is 0 Å². The normalized spacial score (nSPS) is 14.7. The Hall–Kier alpha value is -2.56. The minimum atomic E-state index is 0.723. The summed E-state index contributed by atoms with van der Waals surface area (Å²) in [5.74, 6) is 0. The topological polar surface area (TPSA) is 79.1 Å². The van der Waals surface area contributed by atoms with Crippen LogP contribution in [0.2, 0.25) is 0 Å². The fourth-order valence-corrected chi connectivity index (χ4v) is 1.92. The van der Waals surface area contributed by atoms with E-state index in [-0.39, 0.29) is 0 Å². The zero-order valence-corrected chi connectivity index (χ0v) is 9.72. The number of benzene rings is 1. The van der Waals surface area contributed by atoms with E-state index in [2.05, 4.69) is 20.5 Å². The Morgan fingerprint density at radius 2 is 1.94 bits per heavy atom. The van der Waals surface area contributed by atoms with Crippen LogP contribution in [-0.2, 0) is 0 Å². The van der Waals surface area contributed by atoms with Crippen LogP contribution in [0.25, 0.3) is 11.4 Å².